The topological polar surface area (TPSA) is 104 Å². The fraction of sp³-hybridized carbons (Fsp3) is 0.0769. The second-order valence-corrected chi connectivity index (χ2v) is 10.3. The number of rotatable bonds is 6. The molecule has 0 radical (unpaired) electrons. The highest BCUT2D eigenvalue weighted by Gasteiger charge is 2.26. The lowest BCUT2D eigenvalue weighted by Crippen LogP contribution is -2.19. The standard InChI is InChI=1S/C26H19ClN4O4S/c1-17-6-12-21(13-7-17)36(33,34)31-15-20(29-30-31)16-35-25-14-24(28-19-10-8-18(27)9-11-19)22-4-2-3-5-23(22)26(25)32/h2-15H,16H2,1H3. The van der Waals surface area contributed by atoms with Crippen LogP contribution >= 0.6 is 11.6 Å². The highest BCUT2D eigenvalue weighted by atomic mass is 35.5. The summed E-state index contributed by atoms with van der Waals surface area (Å²) in [4.78, 5) is 17.8. The summed E-state index contributed by atoms with van der Waals surface area (Å²) in [5, 5.41) is 8.24. The van der Waals surface area contributed by atoms with Gasteiger partial charge in [0.15, 0.2) is 5.76 Å². The Bertz CT molecular complexity index is 1620. The number of fused-ring (bicyclic) bond motifs is 1. The van der Waals surface area contributed by atoms with E-state index in [-0.39, 0.29) is 28.7 Å². The quantitative estimate of drug-likeness (QED) is 0.360. The molecule has 5 rings (SSSR count). The van der Waals surface area contributed by atoms with Crippen LogP contribution in [0, 0.1) is 6.92 Å². The maximum Gasteiger partial charge on any atom is 0.284 e. The van der Waals surface area contributed by atoms with Crippen molar-refractivity contribution in [1.29, 1.82) is 0 Å². The Kier molecular flexibility index (Phi) is 6.26. The van der Waals surface area contributed by atoms with Crippen molar-refractivity contribution in [3.63, 3.8) is 0 Å². The number of aliphatic imine (C=N–C) groups is 1. The summed E-state index contributed by atoms with van der Waals surface area (Å²) in [6.45, 7) is 1.71. The zero-order valence-electron chi connectivity index (χ0n) is 19.0. The van der Waals surface area contributed by atoms with Crippen LogP contribution in [0.3, 0.4) is 0 Å². The lowest BCUT2D eigenvalue weighted by atomic mass is 9.93. The van der Waals surface area contributed by atoms with E-state index in [0.29, 0.717) is 27.5 Å². The van der Waals surface area contributed by atoms with Crippen LogP contribution in [0.4, 0.5) is 5.69 Å². The normalized spacial score (nSPS) is 14.4. The van der Waals surface area contributed by atoms with E-state index in [9.17, 15) is 13.2 Å². The van der Waals surface area contributed by atoms with Crippen molar-refractivity contribution < 1.29 is 17.9 Å². The Morgan fingerprint density at radius 2 is 1.67 bits per heavy atom. The van der Waals surface area contributed by atoms with Crippen LogP contribution < -0.4 is 0 Å². The minimum Gasteiger partial charge on any atom is -0.483 e. The zero-order chi connectivity index (χ0) is 25.3. The molecule has 36 heavy (non-hydrogen) atoms. The molecule has 0 saturated carbocycles. The molecule has 0 atom stereocenters. The molecule has 180 valence electrons. The third kappa shape index (κ3) is 4.71. The molecule has 0 saturated heterocycles. The summed E-state index contributed by atoms with van der Waals surface area (Å²) < 4.78 is 32.2. The fourth-order valence-electron chi connectivity index (χ4n) is 3.59. The van der Waals surface area contributed by atoms with Crippen molar-refractivity contribution in [2.75, 3.05) is 0 Å². The number of Topliss-reactive ketones (excluding diaryl/α,β-unsaturated/α-hetero) is 1. The van der Waals surface area contributed by atoms with Gasteiger partial charge < -0.3 is 4.74 Å². The van der Waals surface area contributed by atoms with E-state index in [0.717, 1.165) is 9.65 Å². The zero-order valence-corrected chi connectivity index (χ0v) is 20.6. The number of ether oxygens (including phenoxy) is 1. The average molecular weight is 519 g/mol. The highest BCUT2D eigenvalue weighted by Crippen LogP contribution is 2.26. The molecule has 1 aliphatic rings. The third-order valence-electron chi connectivity index (χ3n) is 5.48. The first-order valence-corrected chi connectivity index (χ1v) is 12.7. The lowest BCUT2D eigenvalue weighted by Gasteiger charge is -2.17. The van der Waals surface area contributed by atoms with Crippen LogP contribution in [-0.4, -0.2) is 34.3 Å². The number of carbonyl (C=O) groups is 1. The molecule has 0 amide bonds. The van der Waals surface area contributed by atoms with Gasteiger partial charge >= 0.3 is 0 Å². The molecule has 10 heteroatoms. The van der Waals surface area contributed by atoms with Gasteiger partial charge in [-0.15, -0.1) is 9.19 Å². The first kappa shape index (κ1) is 23.7. The van der Waals surface area contributed by atoms with Gasteiger partial charge in [0, 0.05) is 22.2 Å². The van der Waals surface area contributed by atoms with Crippen LogP contribution in [0.2, 0.25) is 5.02 Å². The number of nitrogens with zero attached hydrogens (tertiary/aromatic N) is 4. The summed E-state index contributed by atoms with van der Waals surface area (Å²) >= 11 is 5.97. The number of allylic oxidation sites excluding steroid dienone is 2. The summed E-state index contributed by atoms with van der Waals surface area (Å²) in [6.07, 6.45) is 2.83. The molecule has 4 aromatic rings. The number of benzene rings is 3. The number of ketones is 1. The van der Waals surface area contributed by atoms with E-state index < -0.39 is 10.0 Å². The van der Waals surface area contributed by atoms with E-state index in [1.807, 2.05) is 19.1 Å². The summed E-state index contributed by atoms with van der Waals surface area (Å²) in [5.41, 5.74) is 3.53. The van der Waals surface area contributed by atoms with Crippen molar-refractivity contribution in [2.45, 2.75) is 18.4 Å². The van der Waals surface area contributed by atoms with E-state index in [1.54, 1.807) is 54.6 Å². The van der Waals surface area contributed by atoms with Gasteiger partial charge in [0.2, 0.25) is 5.78 Å². The van der Waals surface area contributed by atoms with Crippen LogP contribution in [0.1, 0.15) is 27.2 Å². The van der Waals surface area contributed by atoms with Crippen LogP contribution in [0.5, 0.6) is 0 Å². The molecule has 0 spiro atoms. The van der Waals surface area contributed by atoms with Gasteiger partial charge in [-0.25, -0.2) is 4.99 Å². The molecular formula is C26H19ClN4O4S. The number of hydrogen-bond donors (Lipinski definition) is 0. The highest BCUT2D eigenvalue weighted by molar-refractivity contribution is 7.89. The maximum absolute atomic E-state index is 13.1. The largest absolute Gasteiger partial charge is 0.483 e. The van der Waals surface area contributed by atoms with Gasteiger partial charge in [-0.05, 0) is 43.3 Å². The predicted octanol–water partition coefficient (Wildman–Crippen LogP) is 4.89. The number of halogens is 1. The number of aryl methyl sites for hydroxylation is 1. The Morgan fingerprint density at radius 1 is 0.972 bits per heavy atom. The smallest absolute Gasteiger partial charge is 0.284 e. The van der Waals surface area contributed by atoms with Gasteiger partial charge in [0.25, 0.3) is 10.0 Å². The first-order valence-electron chi connectivity index (χ1n) is 10.9. The molecule has 1 heterocycles. The van der Waals surface area contributed by atoms with Gasteiger partial charge in [0.1, 0.15) is 12.3 Å². The van der Waals surface area contributed by atoms with Gasteiger partial charge in [0.05, 0.1) is 22.5 Å². The molecular weight excluding hydrogens is 500 g/mol. The van der Waals surface area contributed by atoms with Crippen molar-refractivity contribution in [3.8, 4) is 0 Å². The monoisotopic (exact) mass is 518 g/mol. The number of carbonyl (C=O) groups excluding carboxylic acids is 1. The molecule has 0 N–H and O–H groups in total. The SMILES string of the molecule is Cc1ccc(S(=O)(=O)n2cc(COC3=CC(=Nc4ccc(Cl)cc4)c4ccccc4C3=O)nn2)cc1. The molecule has 1 aromatic heterocycles. The Labute approximate surface area is 212 Å². The number of hydrogen-bond acceptors (Lipinski definition) is 7. The first-order chi connectivity index (χ1) is 17.3. The molecule has 0 aliphatic heterocycles. The van der Waals surface area contributed by atoms with Crippen LogP contribution in [0.25, 0.3) is 0 Å². The molecule has 3 aromatic carbocycles. The molecule has 8 nitrogen and oxygen atoms in total. The Morgan fingerprint density at radius 3 is 2.39 bits per heavy atom. The Hall–Kier alpha value is -4.08. The van der Waals surface area contributed by atoms with E-state index in [2.05, 4.69) is 15.3 Å². The van der Waals surface area contributed by atoms with E-state index in [4.69, 9.17) is 16.3 Å². The van der Waals surface area contributed by atoms with Gasteiger partial charge in [-0.2, -0.15) is 8.42 Å². The van der Waals surface area contributed by atoms with Crippen molar-refractivity contribution in [3.05, 3.63) is 118 Å². The number of aromatic nitrogens is 3. The predicted molar refractivity (Wildman–Crippen MR) is 135 cm³/mol. The summed E-state index contributed by atoms with van der Waals surface area (Å²) in [5.74, 6) is -0.238. The third-order valence-corrected chi connectivity index (χ3v) is 7.27. The fourth-order valence-corrected chi connectivity index (χ4v) is 4.81. The molecule has 0 bridgehead atoms. The van der Waals surface area contributed by atoms with E-state index >= 15 is 0 Å². The molecule has 0 fully saturated rings. The minimum absolute atomic E-state index is 0.0670. The maximum atomic E-state index is 13.1. The summed E-state index contributed by atoms with van der Waals surface area (Å²) in [7, 11) is -3.90. The molecule has 1 aliphatic carbocycles. The minimum atomic E-state index is -3.90. The summed E-state index contributed by atoms with van der Waals surface area (Å²) in [6, 6.07) is 20.5. The van der Waals surface area contributed by atoms with Gasteiger partial charge in [-0.1, -0.05) is 58.8 Å². The second-order valence-electron chi connectivity index (χ2n) is 8.05. The van der Waals surface area contributed by atoms with Crippen molar-refractivity contribution in [2.24, 2.45) is 4.99 Å². The van der Waals surface area contributed by atoms with E-state index in [1.165, 1.54) is 18.3 Å². The van der Waals surface area contributed by atoms with Crippen LogP contribution in [-0.2, 0) is 21.4 Å². The second kappa shape index (κ2) is 9.52. The van der Waals surface area contributed by atoms with Crippen molar-refractivity contribution >= 4 is 38.8 Å². The van der Waals surface area contributed by atoms with Crippen molar-refractivity contribution in [1.82, 2.24) is 14.4 Å². The lowest BCUT2D eigenvalue weighted by molar-refractivity contribution is 0.0900. The molecule has 0 unspecified atom stereocenters. The van der Waals surface area contributed by atoms with Crippen LogP contribution in [0.15, 0.2) is 101 Å². The average Bonchev–Trinajstić information content (AvgIpc) is 3.37. The van der Waals surface area contributed by atoms with Gasteiger partial charge in [-0.3, -0.25) is 4.79 Å². The Balaban J connectivity index is 1.40.